The van der Waals surface area contributed by atoms with Gasteiger partial charge in [-0.15, -0.1) is 0 Å². The van der Waals surface area contributed by atoms with Crippen LogP contribution in [0.15, 0.2) is 102 Å². The summed E-state index contributed by atoms with van der Waals surface area (Å²) >= 11 is 0. The highest BCUT2D eigenvalue weighted by molar-refractivity contribution is 5.82. The number of halogens is 2. The molecule has 6 aromatic rings. The zero-order valence-electron chi connectivity index (χ0n) is 31.7. The topological polar surface area (TPSA) is 162 Å². The monoisotopic (exact) mass is 777 g/mol. The summed E-state index contributed by atoms with van der Waals surface area (Å²) in [4.78, 5) is 28.2. The third-order valence-corrected chi connectivity index (χ3v) is 8.44. The van der Waals surface area contributed by atoms with Gasteiger partial charge in [-0.2, -0.15) is 19.9 Å². The third-order valence-electron chi connectivity index (χ3n) is 8.44. The number of anilines is 2. The SMILES string of the molecule is COc1ccc(CCNc2cc(-c3ccc(F)c(/C=N\O)c3)nc(OC)n2)cc1.COc1ccc(CCNc2cc(-c3ccc(F)c(C=O)c3)nc(OC)n2)cc1. The molecule has 0 aliphatic rings. The average Bonchev–Trinajstić information content (AvgIpc) is 3.25. The molecule has 15 heteroatoms. The Bertz CT molecular complexity index is 2280. The van der Waals surface area contributed by atoms with Gasteiger partial charge in [-0.3, -0.25) is 4.79 Å². The number of aldehydes is 1. The number of nitrogens with one attached hydrogen (secondary N) is 2. The smallest absolute Gasteiger partial charge is 0.318 e. The standard InChI is InChI=1S/C21H21FN4O3.C21H20FN3O3/c1-28-17-6-3-14(4-7-17)9-10-23-20-12-19(25-21(26-20)29-2)15-5-8-18(22)16(11-15)13-24-27;1-27-17-6-3-14(4-7-17)9-10-23-20-12-19(24-21(25-20)28-2)15-5-8-18(22)16(11-15)13-26/h3-8,11-13,27H,9-10H2,1-2H3,(H,23,25,26);3-8,11-13H,9-10H2,1-2H3,(H,23,24,25)/b24-13-;. The molecule has 0 bridgehead atoms. The summed E-state index contributed by atoms with van der Waals surface area (Å²) < 4.78 is 48.0. The largest absolute Gasteiger partial charge is 0.497 e. The summed E-state index contributed by atoms with van der Waals surface area (Å²) in [6, 6.07) is 28.2. The lowest BCUT2D eigenvalue weighted by Crippen LogP contribution is -2.08. The molecule has 0 spiro atoms. The highest BCUT2D eigenvalue weighted by Gasteiger charge is 2.12. The fraction of sp³-hybridized carbons (Fsp3) is 0.190. The third kappa shape index (κ3) is 11.7. The number of rotatable bonds is 16. The van der Waals surface area contributed by atoms with Crippen LogP contribution >= 0.6 is 0 Å². The summed E-state index contributed by atoms with van der Waals surface area (Å²) in [5, 5.41) is 18.1. The summed E-state index contributed by atoms with van der Waals surface area (Å²) in [5.74, 6) is 1.73. The number of aromatic nitrogens is 4. The Labute approximate surface area is 328 Å². The zero-order chi connectivity index (χ0) is 40.6. The van der Waals surface area contributed by atoms with Crippen molar-refractivity contribution in [2.24, 2.45) is 5.16 Å². The number of hydrogen-bond donors (Lipinski definition) is 3. The van der Waals surface area contributed by atoms with Crippen molar-refractivity contribution in [1.82, 2.24) is 19.9 Å². The highest BCUT2D eigenvalue weighted by atomic mass is 19.1. The van der Waals surface area contributed by atoms with Gasteiger partial charge in [0, 0.05) is 41.9 Å². The van der Waals surface area contributed by atoms with Gasteiger partial charge >= 0.3 is 12.0 Å². The molecule has 0 saturated heterocycles. The van der Waals surface area contributed by atoms with Gasteiger partial charge in [-0.25, -0.2) is 8.78 Å². The fourth-order valence-corrected chi connectivity index (χ4v) is 5.42. The molecule has 4 aromatic carbocycles. The van der Waals surface area contributed by atoms with E-state index in [9.17, 15) is 13.6 Å². The maximum absolute atomic E-state index is 13.8. The van der Waals surface area contributed by atoms with Crippen LogP contribution in [0, 0.1) is 11.6 Å². The van der Waals surface area contributed by atoms with Crippen LogP contribution in [-0.4, -0.2) is 79.2 Å². The van der Waals surface area contributed by atoms with Crippen LogP contribution in [0.2, 0.25) is 0 Å². The van der Waals surface area contributed by atoms with E-state index in [2.05, 4.69) is 35.7 Å². The number of carbonyl (C=O) groups excluding carboxylic acids is 1. The number of methoxy groups -OCH3 is 4. The van der Waals surface area contributed by atoms with Gasteiger partial charge < -0.3 is 34.8 Å². The van der Waals surface area contributed by atoms with Gasteiger partial charge in [0.2, 0.25) is 0 Å². The van der Waals surface area contributed by atoms with E-state index in [1.807, 2.05) is 48.5 Å². The van der Waals surface area contributed by atoms with Gasteiger partial charge in [0.05, 0.1) is 51.6 Å². The van der Waals surface area contributed by atoms with Gasteiger partial charge in [-0.05, 0) is 84.6 Å². The molecular weight excluding hydrogens is 737 g/mol. The molecule has 0 saturated carbocycles. The van der Waals surface area contributed by atoms with E-state index >= 15 is 0 Å². The molecule has 57 heavy (non-hydrogen) atoms. The van der Waals surface area contributed by atoms with E-state index < -0.39 is 11.6 Å². The maximum Gasteiger partial charge on any atom is 0.318 e. The number of benzene rings is 4. The van der Waals surface area contributed by atoms with Crippen LogP contribution in [0.1, 0.15) is 27.0 Å². The van der Waals surface area contributed by atoms with Crippen LogP contribution in [-0.2, 0) is 12.8 Å². The molecular formula is C42H41F2N7O6. The molecule has 0 radical (unpaired) electrons. The Balaban J connectivity index is 0.000000218. The van der Waals surface area contributed by atoms with E-state index in [0.29, 0.717) is 53.5 Å². The predicted octanol–water partition coefficient (Wildman–Crippen LogP) is 7.53. The van der Waals surface area contributed by atoms with Crippen LogP contribution in [0.3, 0.4) is 0 Å². The van der Waals surface area contributed by atoms with E-state index in [1.165, 1.54) is 38.5 Å². The lowest BCUT2D eigenvalue weighted by Gasteiger charge is -2.10. The van der Waals surface area contributed by atoms with E-state index in [4.69, 9.17) is 24.2 Å². The normalized spacial score (nSPS) is 10.6. The first-order valence-electron chi connectivity index (χ1n) is 17.6. The van der Waals surface area contributed by atoms with Crippen molar-refractivity contribution in [1.29, 1.82) is 0 Å². The molecule has 0 aliphatic carbocycles. The first-order valence-corrected chi connectivity index (χ1v) is 17.6. The Morgan fingerprint density at radius 2 is 1.04 bits per heavy atom. The Hall–Kier alpha value is -7.16. The first-order chi connectivity index (χ1) is 27.7. The molecule has 2 heterocycles. The maximum atomic E-state index is 13.8. The highest BCUT2D eigenvalue weighted by Crippen LogP contribution is 2.26. The lowest BCUT2D eigenvalue weighted by atomic mass is 10.1. The van der Waals surface area contributed by atoms with Crippen molar-refractivity contribution >= 4 is 24.1 Å². The molecule has 0 fully saturated rings. The lowest BCUT2D eigenvalue weighted by molar-refractivity contribution is 0.112. The number of nitrogens with zero attached hydrogens (tertiary/aromatic N) is 5. The summed E-state index contributed by atoms with van der Waals surface area (Å²) in [7, 11) is 6.23. The second-order valence-corrected chi connectivity index (χ2v) is 12.1. The summed E-state index contributed by atoms with van der Waals surface area (Å²) in [5.41, 5.74) is 4.76. The van der Waals surface area contributed by atoms with Crippen molar-refractivity contribution < 1.29 is 37.7 Å². The molecule has 3 N–H and O–H groups in total. The minimum absolute atomic E-state index is 0.0240. The van der Waals surface area contributed by atoms with Crippen LogP contribution in [0.25, 0.3) is 22.5 Å². The Morgan fingerprint density at radius 3 is 1.44 bits per heavy atom. The number of carbonyl (C=O) groups is 1. The first kappa shape index (κ1) is 41.0. The second kappa shape index (κ2) is 20.5. The van der Waals surface area contributed by atoms with Crippen molar-refractivity contribution in [3.05, 3.63) is 131 Å². The van der Waals surface area contributed by atoms with Crippen LogP contribution in [0.5, 0.6) is 23.5 Å². The van der Waals surface area contributed by atoms with E-state index in [0.717, 1.165) is 41.7 Å². The van der Waals surface area contributed by atoms with Gasteiger partial charge in [0.25, 0.3) is 0 Å². The minimum atomic E-state index is -0.572. The Morgan fingerprint density at radius 1 is 0.596 bits per heavy atom. The van der Waals surface area contributed by atoms with Crippen molar-refractivity contribution in [2.75, 3.05) is 52.2 Å². The molecule has 0 unspecified atom stereocenters. The second-order valence-electron chi connectivity index (χ2n) is 12.1. The summed E-state index contributed by atoms with van der Waals surface area (Å²) in [6.07, 6.45) is 3.09. The predicted molar refractivity (Wildman–Crippen MR) is 213 cm³/mol. The van der Waals surface area contributed by atoms with Gasteiger partial charge in [-0.1, -0.05) is 29.4 Å². The van der Waals surface area contributed by atoms with Crippen molar-refractivity contribution in [2.45, 2.75) is 12.8 Å². The molecule has 0 amide bonds. The molecule has 0 aliphatic heterocycles. The van der Waals surface area contributed by atoms with Gasteiger partial charge in [0.1, 0.15) is 34.8 Å². The molecule has 2 aromatic heterocycles. The molecule has 13 nitrogen and oxygen atoms in total. The van der Waals surface area contributed by atoms with Crippen molar-refractivity contribution in [3.63, 3.8) is 0 Å². The van der Waals surface area contributed by atoms with E-state index in [-0.39, 0.29) is 23.1 Å². The average molecular weight is 778 g/mol. The van der Waals surface area contributed by atoms with Crippen LogP contribution in [0.4, 0.5) is 20.4 Å². The molecule has 294 valence electrons. The molecule has 0 atom stereocenters. The Kier molecular flexibility index (Phi) is 14.8. The van der Waals surface area contributed by atoms with E-state index in [1.54, 1.807) is 38.5 Å². The quantitative estimate of drug-likeness (QED) is 0.0384. The summed E-state index contributed by atoms with van der Waals surface area (Å²) in [6.45, 7) is 1.30. The van der Waals surface area contributed by atoms with Gasteiger partial charge in [0.15, 0.2) is 6.29 Å². The number of hydrogen-bond acceptors (Lipinski definition) is 13. The zero-order valence-corrected chi connectivity index (χ0v) is 31.7. The minimum Gasteiger partial charge on any atom is -0.497 e. The number of oxime groups is 1. The van der Waals surface area contributed by atoms with Crippen molar-refractivity contribution in [3.8, 4) is 46.0 Å². The molecule has 6 rings (SSSR count). The van der Waals surface area contributed by atoms with Crippen LogP contribution < -0.4 is 29.6 Å². The fourth-order valence-electron chi connectivity index (χ4n) is 5.42. The number of ether oxygens (including phenoxy) is 4.